The highest BCUT2D eigenvalue weighted by atomic mass is 15.1. The van der Waals surface area contributed by atoms with Gasteiger partial charge in [-0.05, 0) is 34.9 Å². The summed E-state index contributed by atoms with van der Waals surface area (Å²) in [5.74, 6) is 1.54. The van der Waals surface area contributed by atoms with E-state index < -0.39 is 0 Å². The van der Waals surface area contributed by atoms with E-state index in [0.717, 1.165) is 44.8 Å². The fourth-order valence-electron chi connectivity index (χ4n) is 5.99. The van der Waals surface area contributed by atoms with Crippen molar-refractivity contribution in [2.75, 3.05) is 0 Å². The van der Waals surface area contributed by atoms with Gasteiger partial charge in [0.2, 0.25) is 0 Å². The van der Waals surface area contributed by atoms with Crippen molar-refractivity contribution in [3.63, 3.8) is 0 Å². The molecule has 0 spiro atoms. The predicted octanol–water partition coefficient (Wildman–Crippen LogP) is 10.2. The van der Waals surface area contributed by atoms with Gasteiger partial charge in [0.25, 0.3) is 0 Å². The van der Waals surface area contributed by atoms with E-state index in [-0.39, 0.29) is 0 Å². The third-order valence-corrected chi connectivity index (χ3v) is 8.00. The lowest BCUT2D eigenvalue weighted by atomic mass is 9.95. The Kier molecular flexibility index (Phi) is 6.12. The SMILES string of the molecule is c1ccc(-c2cc(-c3ccccc3)c3c(c2)c2ccccc2n3-c2cc(-c3ccccc3)nc(-c3ccccc3)n2)cc1. The molecule has 0 atom stereocenters. The molecular formula is C40H27N3. The van der Waals surface area contributed by atoms with E-state index in [9.17, 15) is 0 Å². The molecular weight excluding hydrogens is 522 g/mol. The molecule has 0 amide bonds. The lowest BCUT2D eigenvalue weighted by Crippen LogP contribution is -2.03. The maximum absolute atomic E-state index is 5.24. The number of nitrogens with zero attached hydrogens (tertiary/aromatic N) is 3. The van der Waals surface area contributed by atoms with Gasteiger partial charge in [-0.3, -0.25) is 4.57 Å². The van der Waals surface area contributed by atoms with Gasteiger partial charge < -0.3 is 0 Å². The molecule has 8 aromatic rings. The molecule has 3 heteroatoms. The van der Waals surface area contributed by atoms with Crippen LogP contribution >= 0.6 is 0 Å². The first-order valence-electron chi connectivity index (χ1n) is 14.5. The molecule has 2 aromatic heterocycles. The Morgan fingerprint density at radius 1 is 0.395 bits per heavy atom. The quantitative estimate of drug-likeness (QED) is 0.214. The molecule has 2 heterocycles. The molecule has 0 aliphatic rings. The van der Waals surface area contributed by atoms with Gasteiger partial charge >= 0.3 is 0 Å². The van der Waals surface area contributed by atoms with Crippen LogP contribution in [0.3, 0.4) is 0 Å². The third-order valence-electron chi connectivity index (χ3n) is 8.00. The smallest absolute Gasteiger partial charge is 0.162 e. The van der Waals surface area contributed by atoms with Crippen molar-refractivity contribution < 1.29 is 0 Å². The molecule has 43 heavy (non-hydrogen) atoms. The van der Waals surface area contributed by atoms with E-state index in [2.05, 4.69) is 144 Å². The summed E-state index contributed by atoms with van der Waals surface area (Å²) >= 11 is 0. The summed E-state index contributed by atoms with van der Waals surface area (Å²) in [6, 6.07) is 57.3. The summed E-state index contributed by atoms with van der Waals surface area (Å²) in [5, 5.41) is 2.38. The molecule has 0 radical (unpaired) electrons. The number of aromatic nitrogens is 3. The first-order chi connectivity index (χ1) is 21.3. The van der Waals surface area contributed by atoms with Gasteiger partial charge in [-0.1, -0.05) is 140 Å². The van der Waals surface area contributed by atoms with E-state index in [0.29, 0.717) is 5.82 Å². The minimum Gasteiger partial charge on any atom is -0.293 e. The first-order valence-corrected chi connectivity index (χ1v) is 14.5. The van der Waals surface area contributed by atoms with Crippen LogP contribution in [0.25, 0.3) is 72.5 Å². The van der Waals surface area contributed by atoms with Gasteiger partial charge in [-0.2, -0.15) is 0 Å². The Morgan fingerprint density at radius 3 is 1.63 bits per heavy atom. The minimum absolute atomic E-state index is 0.699. The van der Waals surface area contributed by atoms with Crippen LogP contribution in [-0.4, -0.2) is 14.5 Å². The fourth-order valence-corrected chi connectivity index (χ4v) is 5.99. The molecule has 0 N–H and O–H groups in total. The van der Waals surface area contributed by atoms with Crippen LogP contribution in [0.1, 0.15) is 0 Å². The zero-order valence-corrected chi connectivity index (χ0v) is 23.4. The van der Waals surface area contributed by atoms with Crippen molar-refractivity contribution in [3.05, 3.63) is 164 Å². The summed E-state index contributed by atoms with van der Waals surface area (Å²) in [7, 11) is 0. The Morgan fingerprint density at radius 2 is 0.953 bits per heavy atom. The average Bonchev–Trinajstić information content (AvgIpc) is 3.44. The molecule has 3 nitrogen and oxygen atoms in total. The number of para-hydroxylation sites is 1. The van der Waals surface area contributed by atoms with Crippen molar-refractivity contribution in [2.24, 2.45) is 0 Å². The highest BCUT2D eigenvalue weighted by molar-refractivity contribution is 6.15. The molecule has 0 fully saturated rings. The maximum atomic E-state index is 5.24. The average molecular weight is 550 g/mol. The normalized spacial score (nSPS) is 11.3. The van der Waals surface area contributed by atoms with Crippen LogP contribution < -0.4 is 0 Å². The number of hydrogen-bond donors (Lipinski definition) is 0. The van der Waals surface area contributed by atoms with Gasteiger partial charge in [0.1, 0.15) is 5.82 Å². The van der Waals surface area contributed by atoms with Crippen LogP contribution in [0.5, 0.6) is 0 Å². The molecule has 0 saturated carbocycles. The number of rotatable bonds is 5. The van der Waals surface area contributed by atoms with Crippen LogP contribution in [0, 0.1) is 0 Å². The molecule has 0 aliphatic carbocycles. The third kappa shape index (κ3) is 4.48. The van der Waals surface area contributed by atoms with E-state index in [1.807, 2.05) is 24.3 Å². The van der Waals surface area contributed by atoms with E-state index in [4.69, 9.17) is 9.97 Å². The standard InChI is InChI=1S/C40H27N3/c1-5-15-28(16-6-1)32-25-34(29-17-7-2-8-18-29)39-35(26-32)33-23-13-14-24-37(33)43(39)38-27-36(30-19-9-3-10-20-30)41-40(42-38)31-21-11-4-12-22-31/h1-27H. The van der Waals surface area contributed by atoms with Crippen molar-refractivity contribution in [1.29, 1.82) is 0 Å². The highest BCUT2D eigenvalue weighted by Gasteiger charge is 2.20. The number of benzene rings is 6. The van der Waals surface area contributed by atoms with Crippen molar-refractivity contribution in [3.8, 4) is 50.7 Å². The topological polar surface area (TPSA) is 30.7 Å². The van der Waals surface area contributed by atoms with E-state index >= 15 is 0 Å². The van der Waals surface area contributed by atoms with Gasteiger partial charge in [-0.15, -0.1) is 0 Å². The molecule has 0 unspecified atom stereocenters. The van der Waals surface area contributed by atoms with Gasteiger partial charge in [-0.25, -0.2) is 9.97 Å². The zero-order chi connectivity index (χ0) is 28.6. The number of fused-ring (bicyclic) bond motifs is 3. The summed E-state index contributed by atoms with van der Waals surface area (Å²) in [4.78, 5) is 10.3. The van der Waals surface area contributed by atoms with Crippen LogP contribution in [-0.2, 0) is 0 Å². The van der Waals surface area contributed by atoms with Gasteiger partial charge in [0.05, 0.1) is 16.7 Å². The van der Waals surface area contributed by atoms with Crippen LogP contribution in [0.4, 0.5) is 0 Å². The Labute approximate surface area is 250 Å². The highest BCUT2D eigenvalue weighted by Crippen LogP contribution is 2.41. The second kappa shape index (κ2) is 10.6. The molecule has 8 rings (SSSR count). The molecule has 0 saturated heterocycles. The fraction of sp³-hybridized carbons (Fsp3) is 0. The second-order valence-electron chi connectivity index (χ2n) is 10.7. The largest absolute Gasteiger partial charge is 0.293 e. The monoisotopic (exact) mass is 549 g/mol. The van der Waals surface area contributed by atoms with Crippen molar-refractivity contribution >= 4 is 21.8 Å². The zero-order valence-electron chi connectivity index (χ0n) is 23.4. The molecule has 0 bridgehead atoms. The summed E-state index contributed by atoms with van der Waals surface area (Å²) in [6.07, 6.45) is 0. The number of hydrogen-bond acceptors (Lipinski definition) is 2. The summed E-state index contributed by atoms with van der Waals surface area (Å²) in [6.45, 7) is 0. The molecule has 6 aromatic carbocycles. The summed E-state index contributed by atoms with van der Waals surface area (Å²) in [5.41, 5.74) is 9.86. The van der Waals surface area contributed by atoms with Crippen LogP contribution in [0.2, 0.25) is 0 Å². The van der Waals surface area contributed by atoms with Gasteiger partial charge in [0, 0.05) is 33.5 Å². The summed E-state index contributed by atoms with van der Waals surface area (Å²) < 4.78 is 2.32. The van der Waals surface area contributed by atoms with Crippen LogP contribution in [0.15, 0.2) is 164 Å². The van der Waals surface area contributed by atoms with Crippen molar-refractivity contribution in [2.45, 2.75) is 0 Å². The minimum atomic E-state index is 0.699. The maximum Gasteiger partial charge on any atom is 0.162 e. The van der Waals surface area contributed by atoms with Gasteiger partial charge in [0.15, 0.2) is 5.82 Å². The first kappa shape index (κ1) is 25.0. The Bertz CT molecular complexity index is 2140. The Hall–Kier alpha value is -5.80. The predicted molar refractivity (Wildman–Crippen MR) is 178 cm³/mol. The Balaban J connectivity index is 1.50. The van der Waals surface area contributed by atoms with E-state index in [1.54, 1.807) is 0 Å². The lowest BCUT2D eigenvalue weighted by Gasteiger charge is -2.15. The lowest BCUT2D eigenvalue weighted by molar-refractivity contribution is 1.05. The van der Waals surface area contributed by atoms with E-state index in [1.165, 1.54) is 21.9 Å². The van der Waals surface area contributed by atoms with Crippen molar-refractivity contribution in [1.82, 2.24) is 14.5 Å². The molecule has 202 valence electrons. The molecule has 0 aliphatic heterocycles. The second-order valence-corrected chi connectivity index (χ2v) is 10.7.